The Morgan fingerprint density at radius 1 is 0.970 bits per heavy atom. The fraction of sp³-hybridized carbons (Fsp3) is 0.111. The van der Waals surface area contributed by atoms with E-state index >= 15 is 0 Å². The highest BCUT2D eigenvalue weighted by molar-refractivity contribution is 14.1. The lowest BCUT2D eigenvalue weighted by atomic mass is 9.74. The molecule has 162 valence electrons. The highest BCUT2D eigenvalue weighted by atomic mass is 127. The van der Waals surface area contributed by atoms with Crippen LogP contribution in [-0.2, 0) is 10.5 Å². The summed E-state index contributed by atoms with van der Waals surface area (Å²) in [5, 5.41) is 24.0. The second kappa shape index (κ2) is 8.56. The van der Waals surface area contributed by atoms with E-state index in [0.29, 0.717) is 5.56 Å². The molecular formula is C27H21IN3O2+. The Labute approximate surface area is 205 Å². The van der Waals surface area contributed by atoms with Crippen LogP contribution in [0.3, 0.4) is 0 Å². The van der Waals surface area contributed by atoms with E-state index in [-0.39, 0.29) is 5.57 Å². The lowest BCUT2D eigenvalue weighted by molar-refractivity contribution is -0.720. The third-order valence-electron chi connectivity index (χ3n) is 6.20. The molecule has 3 N–H and O–H groups in total. The SMILES string of the molecule is N=C=C1C(=O)N[C@@](O)(c2ccccc2)[C@H]([n+]2cccc3ccccc32)[C@H]1c1cccc(I)c1. The Morgan fingerprint density at radius 3 is 2.45 bits per heavy atom. The van der Waals surface area contributed by atoms with Gasteiger partial charge in [-0.15, -0.1) is 0 Å². The van der Waals surface area contributed by atoms with Crippen LogP contribution in [-0.4, -0.2) is 16.9 Å². The minimum absolute atomic E-state index is 0.183. The van der Waals surface area contributed by atoms with Gasteiger partial charge in [0.25, 0.3) is 5.91 Å². The number of carbonyl (C=O) groups excluding carboxylic acids is 1. The highest BCUT2D eigenvalue weighted by Crippen LogP contribution is 2.45. The summed E-state index contributed by atoms with van der Waals surface area (Å²) in [7, 11) is 0. The molecule has 0 bridgehead atoms. The number of hydrogen-bond donors (Lipinski definition) is 3. The number of piperidine rings is 1. The summed E-state index contributed by atoms with van der Waals surface area (Å²) in [6, 6.07) is 28.2. The van der Waals surface area contributed by atoms with Crippen LogP contribution >= 0.6 is 22.6 Å². The lowest BCUT2D eigenvalue weighted by Gasteiger charge is -2.42. The van der Waals surface area contributed by atoms with Gasteiger partial charge in [0, 0.05) is 26.7 Å². The van der Waals surface area contributed by atoms with Crippen LogP contribution in [0.5, 0.6) is 0 Å². The Morgan fingerprint density at radius 2 is 1.70 bits per heavy atom. The van der Waals surface area contributed by atoms with Crippen molar-refractivity contribution < 1.29 is 14.5 Å². The van der Waals surface area contributed by atoms with Gasteiger partial charge in [-0.2, -0.15) is 4.57 Å². The van der Waals surface area contributed by atoms with E-state index in [2.05, 4.69) is 33.8 Å². The van der Waals surface area contributed by atoms with Gasteiger partial charge in [-0.05, 0) is 58.3 Å². The predicted molar refractivity (Wildman–Crippen MR) is 135 cm³/mol. The molecule has 1 saturated heterocycles. The first-order valence-electron chi connectivity index (χ1n) is 10.6. The number of hydrogen-bond acceptors (Lipinski definition) is 3. The van der Waals surface area contributed by atoms with Crippen molar-refractivity contribution in [3.63, 3.8) is 0 Å². The normalized spacial score (nSPS) is 22.6. The Bertz CT molecular complexity index is 1410. The molecule has 33 heavy (non-hydrogen) atoms. The number of nitrogens with zero attached hydrogens (tertiary/aromatic N) is 1. The summed E-state index contributed by atoms with van der Waals surface area (Å²) in [5.41, 5.74) is 0.785. The van der Waals surface area contributed by atoms with Gasteiger partial charge in [0.1, 0.15) is 0 Å². The maximum absolute atomic E-state index is 13.2. The monoisotopic (exact) mass is 546 g/mol. The summed E-state index contributed by atoms with van der Waals surface area (Å²) in [5.74, 6) is 1.28. The molecule has 5 rings (SSSR count). The van der Waals surface area contributed by atoms with Crippen LogP contribution < -0.4 is 9.88 Å². The topological polar surface area (TPSA) is 77.1 Å². The summed E-state index contributed by atoms with van der Waals surface area (Å²) >= 11 is 2.24. The first-order chi connectivity index (χ1) is 16.0. The van der Waals surface area contributed by atoms with Crippen molar-refractivity contribution in [2.24, 2.45) is 0 Å². The van der Waals surface area contributed by atoms with Gasteiger partial charge >= 0.3 is 0 Å². The van der Waals surface area contributed by atoms with Crippen LogP contribution in [0.1, 0.15) is 23.1 Å². The molecule has 0 unspecified atom stereocenters. The second-order valence-corrected chi connectivity index (χ2v) is 9.32. The first-order valence-corrected chi connectivity index (χ1v) is 11.6. The van der Waals surface area contributed by atoms with Crippen LogP contribution in [0.25, 0.3) is 10.9 Å². The summed E-state index contributed by atoms with van der Waals surface area (Å²) in [6.07, 6.45) is 1.92. The average Bonchev–Trinajstić information content (AvgIpc) is 2.84. The number of benzene rings is 3. The standard InChI is InChI=1S/C27H20IN3O2/c28-21-13-6-9-19(16-21)24-22(17-29)26(32)30-27(33,20-11-2-1-3-12-20)25(24)31-15-7-10-18-8-4-5-14-23(18)31/h1-16,24-25,29,33H/p+1/t24-,25+,27+/m0/s1. The highest BCUT2D eigenvalue weighted by Gasteiger charge is 2.58. The Kier molecular flexibility index (Phi) is 5.58. The number of carbonyl (C=O) groups is 1. The maximum atomic E-state index is 13.2. The predicted octanol–water partition coefficient (Wildman–Crippen LogP) is 4.21. The Balaban J connectivity index is 1.86. The fourth-order valence-corrected chi connectivity index (χ4v) is 5.33. The van der Waals surface area contributed by atoms with Crippen molar-refractivity contribution in [2.45, 2.75) is 17.7 Å². The molecule has 2 heterocycles. The number of rotatable bonds is 3. The smallest absolute Gasteiger partial charge is 0.260 e. The molecule has 1 aromatic heterocycles. The number of para-hydroxylation sites is 1. The largest absolute Gasteiger partial charge is 0.362 e. The number of nitrogens with one attached hydrogen (secondary N) is 2. The zero-order valence-electron chi connectivity index (χ0n) is 17.6. The zero-order chi connectivity index (χ0) is 23.0. The minimum atomic E-state index is -1.72. The van der Waals surface area contributed by atoms with Crippen LogP contribution in [0, 0.1) is 8.98 Å². The van der Waals surface area contributed by atoms with Gasteiger partial charge in [-0.1, -0.05) is 54.6 Å². The summed E-state index contributed by atoms with van der Waals surface area (Å²) in [6.45, 7) is 0. The molecule has 4 aromatic rings. The van der Waals surface area contributed by atoms with Gasteiger partial charge in [0.2, 0.25) is 17.3 Å². The van der Waals surface area contributed by atoms with Crippen molar-refractivity contribution in [1.29, 1.82) is 5.41 Å². The van der Waals surface area contributed by atoms with Crippen molar-refractivity contribution in [3.8, 4) is 0 Å². The van der Waals surface area contributed by atoms with Crippen molar-refractivity contribution in [1.82, 2.24) is 5.32 Å². The maximum Gasteiger partial charge on any atom is 0.260 e. The molecule has 6 heteroatoms. The minimum Gasteiger partial charge on any atom is -0.362 e. The molecule has 0 aliphatic carbocycles. The number of pyridine rings is 1. The number of fused-ring (bicyclic) bond motifs is 1. The summed E-state index contributed by atoms with van der Waals surface area (Å²) in [4.78, 5) is 13.2. The van der Waals surface area contributed by atoms with E-state index < -0.39 is 23.6 Å². The number of aliphatic hydroxyl groups is 1. The van der Waals surface area contributed by atoms with Gasteiger partial charge < -0.3 is 10.4 Å². The van der Waals surface area contributed by atoms with E-state index in [4.69, 9.17) is 5.41 Å². The van der Waals surface area contributed by atoms with Crippen LogP contribution in [0.2, 0.25) is 0 Å². The molecule has 0 spiro atoms. The molecule has 0 radical (unpaired) electrons. The average molecular weight is 546 g/mol. The van der Waals surface area contributed by atoms with Crippen LogP contribution in [0.15, 0.2) is 103 Å². The number of amides is 1. The van der Waals surface area contributed by atoms with Crippen molar-refractivity contribution in [3.05, 3.63) is 117 Å². The third-order valence-corrected chi connectivity index (χ3v) is 6.87. The van der Waals surface area contributed by atoms with Crippen molar-refractivity contribution in [2.75, 3.05) is 0 Å². The molecule has 0 saturated carbocycles. The lowest BCUT2D eigenvalue weighted by Crippen LogP contribution is -2.65. The van der Waals surface area contributed by atoms with Gasteiger partial charge in [0.15, 0.2) is 6.20 Å². The van der Waals surface area contributed by atoms with Gasteiger partial charge in [0.05, 0.1) is 11.5 Å². The summed E-state index contributed by atoms with van der Waals surface area (Å²) < 4.78 is 3.01. The first kappa shape index (κ1) is 21.5. The molecule has 3 atom stereocenters. The molecule has 1 fully saturated rings. The van der Waals surface area contributed by atoms with E-state index in [0.717, 1.165) is 20.0 Å². The fourth-order valence-electron chi connectivity index (χ4n) is 4.76. The molecule has 3 aromatic carbocycles. The molecular weight excluding hydrogens is 525 g/mol. The third kappa shape index (κ3) is 3.66. The molecule has 1 amide bonds. The molecule has 5 nitrogen and oxygen atoms in total. The van der Waals surface area contributed by atoms with Crippen LogP contribution in [0.4, 0.5) is 0 Å². The zero-order valence-corrected chi connectivity index (χ0v) is 19.7. The van der Waals surface area contributed by atoms with E-state index in [9.17, 15) is 9.90 Å². The van der Waals surface area contributed by atoms with E-state index in [1.165, 1.54) is 0 Å². The molecule has 1 aliphatic heterocycles. The number of halogens is 1. The second-order valence-electron chi connectivity index (χ2n) is 8.08. The molecule has 1 aliphatic rings. The van der Waals surface area contributed by atoms with E-state index in [1.807, 2.05) is 102 Å². The quantitative estimate of drug-likeness (QED) is 0.156. The van der Waals surface area contributed by atoms with E-state index in [1.54, 1.807) is 0 Å². The van der Waals surface area contributed by atoms with Crippen molar-refractivity contribution >= 4 is 45.3 Å². The van der Waals surface area contributed by atoms with Gasteiger partial charge in [-0.25, -0.2) is 0 Å². The van der Waals surface area contributed by atoms with Gasteiger partial charge in [-0.3, -0.25) is 10.2 Å². The Hall–Kier alpha value is -3.32. The number of aromatic nitrogens is 1.